The fraction of sp³-hybridized carbons (Fsp3) is 0.833. The number of aliphatic carboxylic acids is 1. The van der Waals surface area contributed by atoms with Gasteiger partial charge in [-0.25, -0.2) is 13.1 Å². The standard InChI is InChI=1S/C12H23NO6S/c1-5-19-11(16)8-20(17,18)13-9(6-10(14)15)7-12(2,3)4/h9,13H,5-8H2,1-4H3,(H,14,15). The largest absolute Gasteiger partial charge is 0.481 e. The number of hydrogen-bond acceptors (Lipinski definition) is 5. The number of hydrogen-bond donors (Lipinski definition) is 2. The molecule has 7 nitrogen and oxygen atoms in total. The summed E-state index contributed by atoms with van der Waals surface area (Å²) in [7, 11) is -3.91. The molecule has 0 fully saturated rings. The molecule has 0 aliphatic carbocycles. The Morgan fingerprint density at radius 2 is 1.85 bits per heavy atom. The van der Waals surface area contributed by atoms with Gasteiger partial charge in [0.1, 0.15) is 0 Å². The maximum Gasteiger partial charge on any atom is 0.322 e. The van der Waals surface area contributed by atoms with E-state index in [-0.39, 0.29) is 18.4 Å². The van der Waals surface area contributed by atoms with Crippen LogP contribution in [0.2, 0.25) is 0 Å². The van der Waals surface area contributed by atoms with Crippen molar-refractivity contribution < 1.29 is 27.9 Å². The molecule has 0 rings (SSSR count). The molecular weight excluding hydrogens is 286 g/mol. The number of carboxylic acids is 1. The molecule has 0 aromatic rings. The molecule has 0 radical (unpaired) electrons. The molecule has 20 heavy (non-hydrogen) atoms. The maximum atomic E-state index is 11.8. The van der Waals surface area contributed by atoms with Crippen molar-refractivity contribution in [1.82, 2.24) is 4.72 Å². The zero-order valence-corrected chi connectivity index (χ0v) is 13.1. The van der Waals surface area contributed by atoms with E-state index in [1.165, 1.54) is 0 Å². The van der Waals surface area contributed by atoms with Gasteiger partial charge in [-0.2, -0.15) is 0 Å². The average Bonchev–Trinajstić information content (AvgIpc) is 2.10. The molecule has 8 heteroatoms. The number of ether oxygens (including phenoxy) is 1. The zero-order valence-electron chi connectivity index (χ0n) is 12.3. The first-order chi connectivity index (χ1) is 8.95. The molecule has 0 heterocycles. The molecule has 0 aliphatic heterocycles. The second-order valence-corrected chi connectivity index (χ2v) is 7.50. The Balaban J connectivity index is 4.78. The topological polar surface area (TPSA) is 110 Å². The lowest BCUT2D eigenvalue weighted by Crippen LogP contribution is -2.41. The first-order valence-corrected chi connectivity index (χ1v) is 7.98. The fourth-order valence-corrected chi connectivity index (χ4v) is 2.91. The van der Waals surface area contributed by atoms with Crippen LogP contribution >= 0.6 is 0 Å². The van der Waals surface area contributed by atoms with Crippen LogP contribution < -0.4 is 4.72 Å². The van der Waals surface area contributed by atoms with Gasteiger partial charge >= 0.3 is 11.9 Å². The van der Waals surface area contributed by atoms with Crippen LogP contribution in [0.25, 0.3) is 0 Å². The van der Waals surface area contributed by atoms with Gasteiger partial charge in [0.25, 0.3) is 0 Å². The third-order valence-electron chi connectivity index (χ3n) is 2.24. The number of carbonyl (C=O) groups is 2. The van der Waals surface area contributed by atoms with Crippen molar-refractivity contribution in [3.63, 3.8) is 0 Å². The first-order valence-electron chi connectivity index (χ1n) is 6.32. The van der Waals surface area contributed by atoms with E-state index in [1.807, 2.05) is 20.8 Å². The maximum absolute atomic E-state index is 11.8. The van der Waals surface area contributed by atoms with Crippen molar-refractivity contribution >= 4 is 22.0 Å². The highest BCUT2D eigenvalue weighted by Gasteiger charge is 2.27. The van der Waals surface area contributed by atoms with E-state index in [1.54, 1.807) is 6.92 Å². The van der Waals surface area contributed by atoms with Crippen molar-refractivity contribution in [2.75, 3.05) is 12.4 Å². The summed E-state index contributed by atoms with van der Waals surface area (Å²) in [4.78, 5) is 22.0. The van der Waals surface area contributed by atoms with Crippen molar-refractivity contribution in [3.05, 3.63) is 0 Å². The smallest absolute Gasteiger partial charge is 0.322 e. The summed E-state index contributed by atoms with van der Waals surface area (Å²) in [5.74, 6) is -2.76. The van der Waals surface area contributed by atoms with Gasteiger partial charge in [-0.3, -0.25) is 9.59 Å². The molecule has 0 spiro atoms. The van der Waals surface area contributed by atoms with E-state index in [2.05, 4.69) is 9.46 Å². The third kappa shape index (κ3) is 9.74. The van der Waals surface area contributed by atoms with Gasteiger partial charge in [0.05, 0.1) is 13.0 Å². The molecule has 1 unspecified atom stereocenters. The van der Waals surface area contributed by atoms with Crippen LogP contribution in [0.4, 0.5) is 0 Å². The van der Waals surface area contributed by atoms with E-state index in [0.29, 0.717) is 6.42 Å². The molecule has 1 atom stereocenters. The SMILES string of the molecule is CCOC(=O)CS(=O)(=O)NC(CC(=O)O)CC(C)(C)C. The Morgan fingerprint density at radius 3 is 2.25 bits per heavy atom. The minimum atomic E-state index is -3.91. The summed E-state index contributed by atoms with van der Waals surface area (Å²) in [6.45, 7) is 7.30. The number of nitrogens with one attached hydrogen (secondary N) is 1. The molecule has 0 amide bonds. The van der Waals surface area contributed by atoms with E-state index in [0.717, 1.165) is 0 Å². The van der Waals surface area contributed by atoms with Crippen LogP contribution in [0.1, 0.15) is 40.5 Å². The van der Waals surface area contributed by atoms with Crippen LogP contribution in [-0.4, -0.2) is 43.9 Å². The van der Waals surface area contributed by atoms with Crippen LogP contribution in [0, 0.1) is 5.41 Å². The lowest BCUT2D eigenvalue weighted by Gasteiger charge is -2.25. The van der Waals surface area contributed by atoms with Crippen LogP contribution in [0.5, 0.6) is 0 Å². The highest BCUT2D eigenvalue weighted by atomic mass is 32.2. The van der Waals surface area contributed by atoms with Gasteiger partial charge in [-0.05, 0) is 18.8 Å². The highest BCUT2D eigenvalue weighted by molar-refractivity contribution is 7.90. The van der Waals surface area contributed by atoms with Crippen LogP contribution in [-0.2, 0) is 24.3 Å². The number of carboxylic acid groups (broad SMARTS) is 1. The van der Waals surface area contributed by atoms with Gasteiger partial charge in [0.2, 0.25) is 10.0 Å². The second-order valence-electron chi connectivity index (χ2n) is 5.74. The summed E-state index contributed by atoms with van der Waals surface area (Å²) in [6, 6.07) is -0.757. The summed E-state index contributed by atoms with van der Waals surface area (Å²) in [6.07, 6.45) is 0.0146. The summed E-state index contributed by atoms with van der Waals surface area (Å²) in [5, 5.41) is 8.82. The minimum Gasteiger partial charge on any atom is -0.481 e. The minimum absolute atomic E-state index is 0.0922. The number of sulfonamides is 1. The summed E-state index contributed by atoms with van der Waals surface area (Å²) >= 11 is 0. The molecule has 0 aromatic heterocycles. The Hall–Kier alpha value is -1.15. The first kappa shape index (κ1) is 18.9. The van der Waals surface area contributed by atoms with Crippen molar-refractivity contribution in [1.29, 1.82) is 0 Å². The third-order valence-corrected chi connectivity index (χ3v) is 3.55. The van der Waals surface area contributed by atoms with Gasteiger partial charge in [0, 0.05) is 6.04 Å². The van der Waals surface area contributed by atoms with Crippen molar-refractivity contribution in [2.45, 2.75) is 46.6 Å². The Morgan fingerprint density at radius 1 is 1.30 bits per heavy atom. The van der Waals surface area contributed by atoms with Crippen molar-refractivity contribution in [3.8, 4) is 0 Å². The predicted molar refractivity (Wildman–Crippen MR) is 73.7 cm³/mol. The van der Waals surface area contributed by atoms with Gasteiger partial charge in [-0.15, -0.1) is 0 Å². The number of esters is 1. The molecular formula is C12H23NO6S. The van der Waals surface area contributed by atoms with E-state index >= 15 is 0 Å². The monoisotopic (exact) mass is 309 g/mol. The van der Waals surface area contributed by atoms with Crippen LogP contribution in [0.15, 0.2) is 0 Å². The lowest BCUT2D eigenvalue weighted by molar-refractivity contribution is -0.140. The molecule has 0 saturated carbocycles. The van der Waals surface area contributed by atoms with E-state index < -0.39 is 33.8 Å². The van der Waals surface area contributed by atoms with Crippen LogP contribution in [0.3, 0.4) is 0 Å². The lowest BCUT2D eigenvalue weighted by atomic mass is 9.87. The molecule has 2 N–H and O–H groups in total. The van der Waals surface area contributed by atoms with Gasteiger partial charge < -0.3 is 9.84 Å². The quantitative estimate of drug-likeness (QED) is 0.640. The number of rotatable bonds is 8. The molecule has 0 bridgehead atoms. The highest BCUT2D eigenvalue weighted by Crippen LogP contribution is 2.22. The molecule has 0 aromatic carbocycles. The van der Waals surface area contributed by atoms with Gasteiger partial charge in [-0.1, -0.05) is 20.8 Å². The van der Waals surface area contributed by atoms with E-state index in [9.17, 15) is 18.0 Å². The van der Waals surface area contributed by atoms with Crippen molar-refractivity contribution in [2.24, 2.45) is 5.41 Å². The Kier molecular flexibility index (Phi) is 7.15. The fourth-order valence-electron chi connectivity index (χ4n) is 1.76. The summed E-state index contributed by atoms with van der Waals surface area (Å²) < 4.78 is 30.4. The molecule has 118 valence electrons. The van der Waals surface area contributed by atoms with Gasteiger partial charge in [0.15, 0.2) is 5.75 Å². The molecule has 0 aliphatic rings. The van der Waals surface area contributed by atoms with E-state index in [4.69, 9.17) is 5.11 Å². The average molecular weight is 309 g/mol. The summed E-state index contributed by atoms with van der Waals surface area (Å²) in [5.41, 5.74) is -0.243. The normalized spacial score (nSPS) is 13.8. The Labute approximate surface area is 119 Å². The predicted octanol–water partition coefficient (Wildman–Crippen LogP) is 0.748. The zero-order chi connectivity index (χ0) is 16.0. The second kappa shape index (κ2) is 7.58. The Bertz CT molecular complexity index is 437. The molecule has 0 saturated heterocycles. The number of carbonyl (C=O) groups excluding carboxylic acids is 1.